The minimum Gasteiger partial charge on any atom is -0.406 e. The molecule has 18 heavy (non-hydrogen) atoms. The molecule has 2 rings (SSSR count). The van der Waals surface area contributed by atoms with Gasteiger partial charge in [0, 0.05) is 13.6 Å². The number of hydrogen-bond acceptors (Lipinski definition) is 4. The van der Waals surface area contributed by atoms with Crippen LogP contribution in [0.4, 0.5) is 6.01 Å². The van der Waals surface area contributed by atoms with Crippen LogP contribution in [0.3, 0.4) is 0 Å². The monoisotopic (exact) mass is 265 g/mol. The van der Waals surface area contributed by atoms with E-state index in [2.05, 4.69) is 41.4 Å². The quantitative estimate of drug-likeness (QED) is 0.796. The summed E-state index contributed by atoms with van der Waals surface area (Å²) in [4.78, 5) is 1.90. The molecule has 0 aliphatic carbocycles. The van der Waals surface area contributed by atoms with Gasteiger partial charge in [-0.1, -0.05) is 34.9 Å². The number of alkyl halides is 1. The summed E-state index contributed by atoms with van der Waals surface area (Å²) in [7, 11) is 1.91. The minimum atomic E-state index is -0.265. The molecule has 0 radical (unpaired) electrons. The first-order valence-electron chi connectivity index (χ1n) is 5.80. The van der Waals surface area contributed by atoms with Crippen molar-refractivity contribution in [3.63, 3.8) is 0 Å². The molecule has 0 saturated heterocycles. The standard InChI is InChI=1S/C13H16ClN3O/c1-9-4-6-11(7-5-9)8-17(3)13-16-15-12(18-13)10(2)14/h4-7,10H,8H2,1-3H3. The van der Waals surface area contributed by atoms with Gasteiger partial charge in [0.05, 0.1) is 0 Å². The fraction of sp³-hybridized carbons (Fsp3) is 0.385. The van der Waals surface area contributed by atoms with Gasteiger partial charge in [-0.05, 0) is 19.4 Å². The molecule has 0 amide bonds. The Morgan fingerprint density at radius 3 is 2.50 bits per heavy atom. The molecule has 1 unspecified atom stereocenters. The average molecular weight is 266 g/mol. The highest BCUT2D eigenvalue weighted by molar-refractivity contribution is 6.20. The number of halogens is 1. The summed E-state index contributed by atoms with van der Waals surface area (Å²) >= 11 is 5.88. The van der Waals surface area contributed by atoms with Crippen LogP contribution in [0.2, 0.25) is 0 Å². The Morgan fingerprint density at radius 1 is 1.28 bits per heavy atom. The Labute approximate surface area is 112 Å². The Hall–Kier alpha value is -1.55. The van der Waals surface area contributed by atoms with Crippen molar-refractivity contribution < 1.29 is 4.42 Å². The predicted molar refractivity (Wildman–Crippen MR) is 71.9 cm³/mol. The molecule has 1 atom stereocenters. The summed E-state index contributed by atoms with van der Waals surface area (Å²) in [6.07, 6.45) is 0. The Morgan fingerprint density at radius 2 is 1.94 bits per heavy atom. The number of benzene rings is 1. The van der Waals surface area contributed by atoms with Crippen LogP contribution >= 0.6 is 11.6 Å². The molecule has 1 aromatic carbocycles. The zero-order chi connectivity index (χ0) is 13.1. The van der Waals surface area contributed by atoms with Gasteiger partial charge in [-0.3, -0.25) is 0 Å². The van der Waals surface area contributed by atoms with E-state index >= 15 is 0 Å². The van der Waals surface area contributed by atoms with Crippen LogP contribution in [-0.4, -0.2) is 17.2 Å². The van der Waals surface area contributed by atoms with E-state index in [4.69, 9.17) is 16.0 Å². The molecule has 0 aliphatic heterocycles. The second kappa shape index (κ2) is 5.40. The first-order chi connectivity index (χ1) is 8.56. The van der Waals surface area contributed by atoms with Crippen LogP contribution in [0.25, 0.3) is 0 Å². The van der Waals surface area contributed by atoms with Crippen molar-refractivity contribution in [2.24, 2.45) is 0 Å². The number of anilines is 1. The molecule has 0 spiro atoms. The van der Waals surface area contributed by atoms with Crippen LogP contribution < -0.4 is 4.90 Å². The summed E-state index contributed by atoms with van der Waals surface area (Å²) in [6.45, 7) is 4.59. The highest BCUT2D eigenvalue weighted by Gasteiger charge is 2.14. The molecule has 1 heterocycles. The van der Waals surface area contributed by atoms with Gasteiger partial charge in [-0.2, -0.15) is 0 Å². The molecule has 0 bridgehead atoms. The highest BCUT2D eigenvalue weighted by Crippen LogP contribution is 2.21. The molecule has 2 aromatic rings. The molecule has 1 aromatic heterocycles. The SMILES string of the molecule is Cc1ccc(CN(C)c2nnc(C(C)Cl)o2)cc1. The fourth-order valence-corrected chi connectivity index (χ4v) is 1.66. The van der Waals surface area contributed by atoms with E-state index in [0.29, 0.717) is 11.9 Å². The number of hydrogen-bond donors (Lipinski definition) is 0. The zero-order valence-electron chi connectivity index (χ0n) is 10.7. The predicted octanol–water partition coefficient (Wildman–Crippen LogP) is 3.31. The lowest BCUT2D eigenvalue weighted by molar-refractivity contribution is 0.489. The van der Waals surface area contributed by atoms with Crippen molar-refractivity contribution in [3.8, 4) is 0 Å². The normalized spacial score (nSPS) is 12.4. The summed E-state index contributed by atoms with van der Waals surface area (Å²) < 4.78 is 5.47. The van der Waals surface area contributed by atoms with E-state index in [-0.39, 0.29) is 5.38 Å². The molecule has 0 aliphatic rings. The van der Waals surface area contributed by atoms with Gasteiger partial charge < -0.3 is 9.32 Å². The van der Waals surface area contributed by atoms with E-state index < -0.39 is 0 Å². The van der Waals surface area contributed by atoms with Crippen molar-refractivity contribution in [3.05, 3.63) is 41.3 Å². The summed E-state index contributed by atoms with van der Waals surface area (Å²) in [5.41, 5.74) is 2.44. The molecule has 4 nitrogen and oxygen atoms in total. The van der Waals surface area contributed by atoms with Crippen LogP contribution in [0.1, 0.15) is 29.3 Å². The topological polar surface area (TPSA) is 42.2 Å². The first-order valence-corrected chi connectivity index (χ1v) is 6.24. The maximum atomic E-state index is 5.88. The molecular weight excluding hydrogens is 250 g/mol. The van der Waals surface area contributed by atoms with Gasteiger partial charge in [-0.15, -0.1) is 16.7 Å². The summed E-state index contributed by atoms with van der Waals surface area (Å²) in [5, 5.41) is 7.61. The lowest BCUT2D eigenvalue weighted by Crippen LogP contribution is -2.16. The summed E-state index contributed by atoms with van der Waals surface area (Å²) in [6, 6.07) is 8.84. The van der Waals surface area contributed by atoms with Crippen LogP contribution in [0.5, 0.6) is 0 Å². The van der Waals surface area contributed by atoms with Crippen LogP contribution in [-0.2, 0) is 6.54 Å². The molecule has 0 fully saturated rings. The number of rotatable bonds is 4. The van der Waals surface area contributed by atoms with Crippen molar-refractivity contribution in [2.75, 3.05) is 11.9 Å². The van der Waals surface area contributed by atoms with Gasteiger partial charge in [0.1, 0.15) is 5.38 Å². The van der Waals surface area contributed by atoms with E-state index in [1.807, 2.05) is 11.9 Å². The number of aromatic nitrogens is 2. The second-order valence-corrected chi connectivity index (χ2v) is 5.04. The van der Waals surface area contributed by atoms with Crippen molar-refractivity contribution in [2.45, 2.75) is 25.8 Å². The third-order valence-corrected chi connectivity index (χ3v) is 2.82. The summed E-state index contributed by atoms with van der Waals surface area (Å²) in [5.74, 6) is 0.447. The zero-order valence-corrected chi connectivity index (χ0v) is 11.5. The minimum absolute atomic E-state index is 0.265. The Bertz CT molecular complexity index is 507. The first kappa shape index (κ1) is 12.9. The van der Waals surface area contributed by atoms with E-state index in [9.17, 15) is 0 Å². The molecule has 5 heteroatoms. The Balaban J connectivity index is 2.06. The highest BCUT2D eigenvalue weighted by atomic mass is 35.5. The van der Waals surface area contributed by atoms with Crippen LogP contribution in [0.15, 0.2) is 28.7 Å². The van der Waals surface area contributed by atoms with Gasteiger partial charge in [0.25, 0.3) is 0 Å². The number of aryl methyl sites for hydroxylation is 1. The molecule has 96 valence electrons. The van der Waals surface area contributed by atoms with Gasteiger partial charge in [-0.25, -0.2) is 0 Å². The van der Waals surface area contributed by atoms with Crippen molar-refractivity contribution in [1.82, 2.24) is 10.2 Å². The van der Waals surface area contributed by atoms with Gasteiger partial charge >= 0.3 is 6.01 Å². The third kappa shape index (κ3) is 3.01. The second-order valence-electron chi connectivity index (χ2n) is 4.38. The van der Waals surface area contributed by atoms with Gasteiger partial charge in [0.2, 0.25) is 5.89 Å². The molecule has 0 N–H and O–H groups in total. The number of nitrogens with zero attached hydrogens (tertiary/aromatic N) is 3. The van der Waals surface area contributed by atoms with Crippen molar-refractivity contribution in [1.29, 1.82) is 0 Å². The van der Waals surface area contributed by atoms with Gasteiger partial charge in [0.15, 0.2) is 0 Å². The lowest BCUT2D eigenvalue weighted by Gasteiger charge is -2.13. The molecular formula is C13H16ClN3O. The average Bonchev–Trinajstić information content (AvgIpc) is 2.81. The van der Waals surface area contributed by atoms with E-state index in [1.54, 1.807) is 6.92 Å². The van der Waals surface area contributed by atoms with Crippen LogP contribution in [0, 0.1) is 6.92 Å². The Kier molecular flexibility index (Phi) is 3.87. The van der Waals surface area contributed by atoms with E-state index in [1.165, 1.54) is 11.1 Å². The smallest absolute Gasteiger partial charge is 0.318 e. The maximum Gasteiger partial charge on any atom is 0.318 e. The van der Waals surface area contributed by atoms with Crippen molar-refractivity contribution >= 4 is 17.6 Å². The fourth-order valence-electron chi connectivity index (χ4n) is 1.58. The van der Waals surface area contributed by atoms with E-state index in [0.717, 1.165) is 6.54 Å². The molecule has 0 saturated carbocycles. The lowest BCUT2D eigenvalue weighted by atomic mass is 10.1. The maximum absolute atomic E-state index is 5.88. The largest absolute Gasteiger partial charge is 0.406 e. The third-order valence-electron chi connectivity index (χ3n) is 2.64.